The standard InChI is InChI=1S/C31H18BrN3O/c32-26-17-16-25(21-10-4-5-11-22(21)26)31-34-29(19-8-2-1-3-9-19)33-30(35-31)20-14-15-24-23-12-6-7-13-27(23)36-28(24)18-20/h1-18H. The number of para-hydroxylation sites is 1. The van der Waals surface area contributed by atoms with E-state index in [2.05, 4.69) is 52.3 Å². The number of rotatable bonds is 3. The number of furan rings is 1. The normalized spacial score (nSPS) is 11.5. The van der Waals surface area contributed by atoms with Gasteiger partial charge in [-0.1, -0.05) is 94.8 Å². The van der Waals surface area contributed by atoms with Crippen LogP contribution >= 0.6 is 15.9 Å². The number of nitrogens with zero attached hydrogens (tertiary/aromatic N) is 3. The van der Waals surface area contributed by atoms with Crippen molar-refractivity contribution in [3.63, 3.8) is 0 Å². The predicted octanol–water partition coefficient (Wildman–Crippen LogP) is 8.69. The molecule has 7 rings (SSSR count). The molecule has 0 aliphatic carbocycles. The van der Waals surface area contributed by atoms with Crippen LogP contribution in [-0.4, -0.2) is 15.0 Å². The molecule has 0 unspecified atom stereocenters. The van der Waals surface area contributed by atoms with E-state index in [1.807, 2.05) is 72.8 Å². The summed E-state index contributed by atoms with van der Waals surface area (Å²) in [5.41, 5.74) is 4.45. The number of hydrogen-bond acceptors (Lipinski definition) is 4. The molecule has 7 aromatic rings. The monoisotopic (exact) mass is 527 g/mol. The van der Waals surface area contributed by atoms with Crippen molar-refractivity contribution >= 4 is 48.6 Å². The van der Waals surface area contributed by atoms with Crippen LogP contribution in [0, 0.1) is 0 Å². The molecule has 0 bridgehead atoms. The summed E-state index contributed by atoms with van der Waals surface area (Å²) in [5, 5.41) is 4.37. The molecule has 2 aromatic heterocycles. The third-order valence-corrected chi connectivity index (χ3v) is 7.11. The third-order valence-electron chi connectivity index (χ3n) is 6.42. The molecule has 0 atom stereocenters. The summed E-state index contributed by atoms with van der Waals surface area (Å²) in [6.45, 7) is 0. The molecule has 0 amide bonds. The lowest BCUT2D eigenvalue weighted by atomic mass is 10.0. The summed E-state index contributed by atoms with van der Waals surface area (Å²) in [6, 6.07) is 36.6. The van der Waals surface area contributed by atoms with Gasteiger partial charge in [0.2, 0.25) is 0 Å². The largest absolute Gasteiger partial charge is 0.456 e. The van der Waals surface area contributed by atoms with Gasteiger partial charge in [0.25, 0.3) is 0 Å². The summed E-state index contributed by atoms with van der Waals surface area (Å²) in [4.78, 5) is 14.8. The van der Waals surface area contributed by atoms with Crippen molar-refractivity contribution in [3.05, 3.63) is 114 Å². The van der Waals surface area contributed by atoms with Gasteiger partial charge in [-0.05, 0) is 41.1 Å². The van der Waals surface area contributed by atoms with E-state index < -0.39 is 0 Å². The van der Waals surface area contributed by atoms with Crippen LogP contribution in [0.3, 0.4) is 0 Å². The maximum Gasteiger partial charge on any atom is 0.164 e. The van der Waals surface area contributed by atoms with E-state index in [-0.39, 0.29) is 0 Å². The third kappa shape index (κ3) is 3.48. The summed E-state index contributed by atoms with van der Waals surface area (Å²) >= 11 is 3.68. The Labute approximate surface area is 215 Å². The Morgan fingerprint density at radius 1 is 0.472 bits per heavy atom. The molecule has 2 heterocycles. The van der Waals surface area contributed by atoms with Crippen molar-refractivity contribution in [2.24, 2.45) is 0 Å². The Morgan fingerprint density at radius 2 is 1.11 bits per heavy atom. The molecule has 36 heavy (non-hydrogen) atoms. The van der Waals surface area contributed by atoms with Crippen LogP contribution in [-0.2, 0) is 0 Å². The van der Waals surface area contributed by atoms with Crippen LogP contribution in [0.4, 0.5) is 0 Å². The molecule has 0 saturated carbocycles. The Morgan fingerprint density at radius 3 is 1.94 bits per heavy atom. The highest BCUT2D eigenvalue weighted by Crippen LogP contribution is 2.35. The first-order chi connectivity index (χ1) is 17.7. The SMILES string of the molecule is Brc1ccc(-c2nc(-c3ccccc3)nc(-c3ccc4c(c3)oc3ccccc34)n2)c2ccccc12. The minimum atomic E-state index is 0.605. The lowest BCUT2D eigenvalue weighted by molar-refractivity contribution is 0.669. The molecule has 5 aromatic carbocycles. The number of aromatic nitrogens is 3. The van der Waals surface area contributed by atoms with Gasteiger partial charge in [0, 0.05) is 31.9 Å². The van der Waals surface area contributed by atoms with Crippen LogP contribution in [0.1, 0.15) is 0 Å². The Kier molecular flexibility index (Phi) is 4.89. The van der Waals surface area contributed by atoms with E-state index in [1.165, 1.54) is 0 Å². The van der Waals surface area contributed by atoms with Crippen molar-refractivity contribution < 1.29 is 4.42 Å². The number of halogens is 1. The lowest BCUT2D eigenvalue weighted by Crippen LogP contribution is -2.00. The highest BCUT2D eigenvalue weighted by molar-refractivity contribution is 9.10. The van der Waals surface area contributed by atoms with E-state index in [0.29, 0.717) is 17.5 Å². The van der Waals surface area contributed by atoms with Crippen molar-refractivity contribution in [3.8, 4) is 34.2 Å². The fraction of sp³-hybridized carbons (Fsp3) is 0. The van der Waals surface area contributed by atoms with E-state index in [4.69, 9.17) is 19.4 Å². The number of hydrogen-bond donors (Lipinski definition) is 0. The fourth-order valence-corrected chi connectivity index (χ4v) is 5.14. The number of benzene rings is 5. The summed E-state index contributed by atoms with van der Waals surface area (Å²) < 4.78 is 7.18. The van der Waals surface area contributed by atoms with Crippen LogP contribution in [0.5, 0.6) is 0 Å². The van der Waals surface area contributed by atoms with Gasteiger partial charge in [0.15, 0.2) is 17.5 Å². The van der Waals surface area contributed by atoms with Gasteiger partial charge in [0.05, 0.1) is 0 Å². The van der Waals surface area contributed by atoms with Gasteiger partial charge >= 0.3 is 0 Å². The second-order valence-electron chi connectivity index (χ2n) is 8.62. The van der Waals surface area contributed by atoms with Crippen molar-refractivity contribution in [2.45, 2.75) is 0 Å². The van der Waals surface area contributed by atoms with Gasteiger partial charge in [-0.15, -0.1) is 0 Å². The fourth-order valence-electron chi connectivity index (χ4n) is 4.66. The van der Waals surface area contributed by atoms with E-state index in [1.54, 1.807) is 0 Å². The highest BCUT2D eigenvalue weighted by Gasteiger charge is 2.16. The minimum absolute atomic E-state index is 0.605. The molecular weight excluding hydrogens is 510 g/mol. The lowest BCUT2D eigenvalue weighted by Gasteiger charge is -2.11. The van der Waals surface area contributed by atoms with Gasteiger partial charge in [-0.3, -0.25) is 0 Å². The summed E-state index contributed by atoms with van der Waals surface area (Å²) in [5.74, 6) is 1.87. The summed E-state index contributed by atoms with van der Waals surface area (Å²) in [6.07, 6.45) is 0. The maximum atomic E-state index is 6.14. The second kappa shape index (κ2) is 8.40. The molecule has 0 radical (unpaired) electrons. The zero-order valence-corrected chi connectivity index (χ0v) is 20.6. The Hall–Kier alpha value is -4.35. The van der Waals surface area contributed by atoms with Gasteiger partial charge in [-0.25, -0.2) is 15.0 Å². The minimum Gasteiger partial charge on any atom is -0.456 e. The predicted molar refractivity (Wildman–Crippen MR) is 149 cm³/mol. The van der Waals surface area contributed by atoms with Crippen LogP contribution in [0.2, 0.25) is 0 Å². The first-order valence-electron chi connectivity index (χ1n) is 11.7. The molecule has 170 valence electrons. The second-order valence-corrected chi connectivity index (χ2v) is 9.48. The Bertz CT molecular complexity index is 1910. The van der Waals surface area contributed by atoms with Crippen molar-refractivity contribution in [1.82, 2.24) is 15.0 Å². The van der Waals surface area contributed by atoms with E-state index >= 15 is 0 Å². The molecule has 0 N–H and O–H groups in total. The number of fused-ring (bicyclic) bond motifs is 4. The molecule has 0 saturated heterocycles. The first kappa shape index (κ1) is 21.0. The molecule has 0 fully saturated rings. The topological polar surface area (TPSA) is 51.8 Å². The maximum absolute atomic E-state index is 6.14. The average Bonchev–Trinajstić information content (AvgIpc) is 3.31. The van der Waals surface area contributed by atoms with Crippen molar-refractivity contribution in [1.29, 1.82) is 0 Å². The first-order valence-corrected chi connectivity index (χ1v) is 12.4. The zero-order chi connectivity index (χ0) is 24.1. The van der Waals surface area contributed by atoms with Gasteiger partial charge in [0.1, 0.15) is 11.2 Å². The molecule has 0 aliphatic rings. The van der Waals surface area contributed by atoms with Gasteiger partial charge < -0.3 is 4.42 Å². The molecule has 4 nitrogen and oxygen atoms in total. The van der Waals surface area contributed by atoms with Crippen LogP contribution < -0.4 is 0 Å². The quantitative estimate of drug-likeness (QED) is 0.230. The molecule has 5 heteroatoms. The Balaban J connectivity index is 1.47. The highest BCUT2D eigenvalue weighted by atomic mass is 79.9. The molecule has 0 aliphatic heterocycles. The van der Waals surface area contributed by atoms with Gasteiger partial charge in [-0.2, -0.15) is 0 Å². The van der Waals surface area contributed by atoms with Crippen LogP contribution in [0.25, 0.3) is 66.9 Å². The van der Waals surface area contributed by atoms with Crippen LogP contribution in [0.15, 0.2) is 118 Å². The zero-order valence-electron chi connectivity index (χ0n) is 19.0. The molecule has 0 spiro atoms. The smallest absolute Gasteiger partial charge is 0.164 e. The average molecular weight is 528 g/mol. The molecular formula is C31H18BrN3O. The summed E-state index contributed by atoms with van der Waals surface area (Å²) in [7, 11) is 0. The van der Waals surface area contributed by atoms with E-state index in [9.17, 15) is 0 Å². The van der Waals surface area contributed by atoms with Crippen molar-refractivity contribution in [2.75, 3.05) is 0 Å². The van der Waals surface area contributed by atoms with E-state index in [0.717, 1.165) is 53.9 Å².